The molecule has 0 radical (unpaired) electrons. The molecule has 4 saturated carbocycles. The number of esters is 1. The first-order valence-electron chi connectivity index (χ1n) is 12.3. The second kappa shape index (κ2) is 7.69. The van der Waals surface area contributed by atoms with Crippen molar-refractivity contribution in [1.82, 2.24) is 0 Å². The number of hydrogen-bond donors (Lipinski definition) is 0. The zero-order chi connectivity index (χ0) is 21.9. The summed E-state index contributed by atoms with van der Waals surface area (Å²) in [4.78, 5) is 11.3. The Bertz CT molecular complexity index is 661. The summed E-state index contributed by atoms with van der Waals surface area (Å²) in [5.41, 5.74) is 0.666. The van der Waals surface area contributed by atoms with E-state index in [0.717, 1.165) is 36.5 Å². The minimum atomic E-state index is -4.89. The molecule has 30 heavy (non-hydrogen) atoms. The highest BCUT2D eigenvalue weighted by molar-refractivity contribution is 5.75. The third kappa shape index (κ3) is 3.50. The molecule has 2 nitrogen and oxygen atoms in total. The van der Waals surface area contributed by atoms with Crippen LogP contribution in [0, 0.1) is 46.3 Å². The molecule has 0 aromatic heterocycles. The fourth-order valence-electron chi connectivity index (χ4n) is 8.80. The molecule has 0 aliphatic heterocycles. The summed E-state index contributed by atoms with van der Waals surface area (Å²) in [6.07, 6.45) is 5.49. The van der Waals surface area contributed by atoms with Crippen LogP contribution in [0.1, 0.15) is 91.9 Å². The molecule has 5 heteroatoms. The van der Waals surface area contributed by atoms with Crippen LogP contribution in [-0.4, -0.2) is 18.2 Å². The summed E-state index contributed by atoms with van der Waals surface area (Å²) in [5, 5.41) is 0. The van der Waals surface area contributed by atoms with Gasteiger partial charge in [-0.1, -0.05) is 34.1 Å². The molecule has 0 spiro atoms. The molecule has 0 N–H and O–H groups in total. The third-order valence-electron chi connectivity index (χ3n) is 10.5. The molecule has 0 saturated heterocycles. The lowest BCUT2D eigenvalue weighted by Crippen LogP contribution is -2.54. The summed E-state index contributed by atoms with van der Waals surface area (Å²) in [5.74, 6) is 2.28. The van der Waals surface area contributed by atoms with E-state index in [2.05, 4.69) is 27.7 Å². The molecule has 0 aromatic rings. The van der Waals surface area contributed by atoms with E-state index in [1.807, 2.05) is 0 Å². The van der Waals surface area contributed by atoms with Gasteiger partial charge in [-0.15, -0.1) is 0 Å². The standard InChI is InChI=1S/C25H39F3O2/c1-5-15(2)19-8-9-20-18-7-6-16-14-17(30-22(29)25(26,27)28)10-12-23(16,3)21(18)11-13-24(19,20)4/h15-21H,5-14H2,1-4H3/t15-,16-,17-,18+,19-,20?,21?,23+,24-/m1/s1. The first-order chi connectivity index (χ1) is 14.0. The van der Waals surface area contributed by atoms with Crippen LogP contribution in [0.3, 0.4) is 0 Å². The van der Waals surface area contributed by atoms with Gasteiger partial charge in [0.05, 0.1) is 0 Å². The van der Waals surface area contributed by atoms with Crippen molar-refractivity contribution in [3.05, 3.63) is 0 Å². The van der Waals surface area contributed by atoms with E-state index in [-0.39, 0.29) is 5.41 Å². The average molecular weight is 429 g/mol. The van der Waals surface area contributed by atoms with Gasteiger partial charge < -0.3 is 4.74 Å². The normalized spacial score (nSPS) is 47.0. The maximum absolute atomic E-state index is 12.6. The summed E-state index contributed by atoms with van der Waals surface area (Å²) in [6, 6.07) is 0. The van der Waals surface area contributed by atoms with Gasteiger partial charge in [-0.25, -0.2) is 4.79 Å². The van der Waals surface area contributed by atoms with Crippen LogP contribution in [0.5, 0.6) is 0 Å². The van der Waals surface area contributed by atoms with Crippen LogP contribution in [0.2, 0.25) is 0 Å². The quantitative estimate of drug-likeness (QED) is 0.446. The van der Waals surface area contributed by atoms with E-state index in [1.165, 1.54) is 38.5 Å². The molecule has 4 rings (SSSR count). The lowest BCUT2D eigenvalue weighted by atomic mass is 9.44. The average Bonchev–Trinajstić information content (AvgIpc) is 3.04. The zero-order valence-electron chi connectivity index (χ0n) is 19.1. The number of alkyl halides is 3. The van der Waals surface area contributed by atoms with Crippen molar-refractivity contribution < 1.29 is 22.7 Å². The van der Waals surface area contributed by atoms with Crippen LogP contribution in [0.4, 0.5) is 13.2 Å². The molecule has 0 heterocycles. The fourth-order valence-corrected chi connectivity index (χ4v) is 8.80. The minimum absolute atomic E-state index is 0.194. The minimum Gasteiger partial charge on any atom is -0.456 e. The number of carbonyl (C=O) groups is 1. The molecule has 2 unspecified atom stereocenters. The van der Waals surface area contributed by atoms with Gasteiger partial charge in [0.15, 0.2) is 0 Å². The molecule has 4 aliphatic carbocycles. The van der Waals surface area contributed by atoms with E-state index in [4.69, 9.17) is 4.74 Å². The van der Waals surface area contributed by atoms with Gasteiger partial charge >= 0.3 is 12.1 Å². The fraction of sp³-hybridized carbons (Fsp3) is 0.960. The Morgan fingerprint density at radius 1 is 1.00 bits per heavy atom. The van der Waals surface area contributed by atoms with Gasteiger partial charge in [0.25, 0.3) is 0 Å². The van der Waals surface area contributed by atoms with E-state index in [0.29, 0.717) is 30.1 Å². The number of carbonyl (C=O) groups excluding carboxylic acids is 1. The number of ether oxygens (including phenoxy) is 1. The molecular weight excluding hydrogens is 389 g/mol. The molecule has 0 bridgehead atoms. The number of halogens is 3. The van der Waals surface area contributed by atoms with Crippen LogP contribution < -0.4 is 0 Å². The molecular formula is C25H39F3O2. The molecule has 0 aromatic carbocycles. The van der Waals surface area contributed by atoms with E-state index < -0.39 is 18.2 Å². The highest BCUT2D eigenvalue weighted by atomic mass is 19.4. The highest BCUT2D eigenvalue weighted by Crippen LogP contribution is 2.68. The van der Waals surface area contributed by atoms with Crippen LogP contribution in [0.15, 0.2) is 0 Å². The van der Waals surface area contributed by atoms with Crippen molar-refractivity contribution in [2.24, 2.45) is 46.3 Å². The maximum atomic E-state index is 12.6. The molecule has 9 atom stereocenters. The summed E-state index contributed by atoms with van der Waals surface area (Å²) in [6.45, 7) is 9.73. The number of rotatable bonds is 3. The lowest BCUT2D eigenvalue weighted by molar-refractivity contribution is -0.210. The lowest BCUT2D eigenvalue weighted by Gasteiger charge is -2.61. The third-order valence-corrected chi connectivity index (χ3v) is 10.5. The number of hydrogen-bond acceptors (Lipinski definition) is 2. The van der Waals surface area contributed by atoms with Gasteiger partial charge in [0.1, 0.15) is 6.10 Å². The largest absolute Gasteiger partial charge is 0.490 e. The van der Waals surface area contributed by atoms with Crippen LogP contribution in [-0.2, 0) is 9.53 Å². The van der Waals surface area contributed by atoms with E-state index >= 15 is 0 Å². The van der Waals surface area contributed by atoms with E-state index in [1.54, 1.807) is 0 Å². The predicted octanol–water partition coefficient (Wildman–Crippen LogP) is 7.17. The Balaban J connectivity index is 1.47. The summed E-state index contributed by atoms with van der Waals surface area (Å²) < 4.78 is 42.8. The van der Waals surface area contributed by atoms with Gasteiger partial charge in [0.2, 0.25) is 0 Å². The Hall–Kier alpha value is -0.740. The topological polar surface area (TPSA) is 26.3 Å². The Morgan fingerprint density at radius 3 is 2.33 bits per heavy atom. The second-order valence-corrected chi connectivity index (χ2v) is 11.6. The van der Waals surface area contributed by atoms with Crippen molar-refractivity contribution in [2.45, 2.75) is 104 Å². The van der Waals surface area contributed by atoms with Gasteiger partial charge in [-0.2, -0.15) is 13.2 Å². The summed E-state index contributed by atoms with van der Waals surface area (Å²) >= 11 is 0. The van der Waals surface area contributed by atoms with Crippen molar-refractivity contribution in [1.29, 1.82) is 0 Å². The SMILES string of the molecule is CC[C@@H](C)[C@H]1CCC2[C@@H]3CC[C@@H]4C[C@H](OC(=O)C(F)(F)F)CC[C@]4(C)C3CC[C@@]21C. The maximum Gasteiger partial charge on any atom is 0.490 e. The Kier molecular flexibility index (Phi) is 5.76. The first kappa shape index (κ1) is 22.5. The number of fused-ring (bicyclic) bond motifs is 5. The first-order valence-corrected chi connectivity index (χ1v) is 12.3. The van der Waals surface area contributed by atoms with Gasteiger partial charge in [-0.3, -0.25) is 0 Å². The second-order valence-electron chi connectivity index (χ2n) is 11.6. The summed E-state index contributed by atoms with van der Waals surface area (Å²) in [7, 11) is 0. The van der Waals surface area contributed by atoms with Crippen molar-refractivity contribution in [3.8, 4) is 0 Å². The predicted molar refractivity (Wildman–Crippen MR) is 111 cm³/mol. The van der Waals surface area contributed by atoms with Crippen molar-refractivity contribution >= 4 is 5.97 Å². The molecule has 0 amide bonds. The van der Waals surface area contributed by atoms with Crippen LogP contribution >= 0.6 is 0 Å². The smallest absolute Gasteiger partial charge is 0.456 e. The van der Waals surface area contributed by atoms with Crippen LogP contribution in [0.25, 0.3) is 0 Å². The Labute approximate surface area is 179 Å². The molecule has 4 fully saturated rings. The van der Waals surface area contributed by atoms with Gasteiger partial charge in [-0.05, 0) is 104 Å². The Morgan fingerprint density at radius 2 is 1.67 bits per heavy atom. The van der Waals surface area contributed by atoms with Gasteiger partial charge in [0, 0.05) is 0 Å². The van der Waals surface area contributed by atoms with E-state index in [9.17, 15) is 18.0 Å². The van der Waals surface area contributed by atoms with Crippen molar-refractivity contribution in [3.63, 3.8) is 0 Å². The monoisotopic (exact) mass is 428 g/mol. The molecule has 172 valence electrons. The zero-order valence-corrected chi connectivity index (χ0v) is 19.1. The highest BCUT2D eigenvalue weighted by Gasteiger charge is 2.60. The molecule has 4 aliphatic rings. The van der Waals surface area contributed by atoms with Crippen molar-refractivity contribution in [2.75, 3.05) is 0 Å².